The maximum absolute atomic E-state index is 11.8. The fourth-order valence-corrected chi connectivity index (χ4v) is 3.90. The average molecular weight is 400 g/mol. The highest BCUT2D eigenvalue weighted by Crippen LogP contribution is 2.40. The Bertz CT molecular complexity index is 1080. The van der Waals surface area contributed by atoms with E-state index in [0.29, 0.717) is 17.4 Å². The normalized spacial score (nSPS) is 15.4. The second kappa shape index (κ2) is 7.78. The number of ether oxygens (including phenoxy) is 1. The zero-order chi connectivity index (χ0) is 20.5. The van der Waals surface area contributed by atoms with E-state index in [0.717, 1.165) is 36.7 Å². The van der Waals surface area contributed by atoms with E-state index in [4.69, 9.17) is 14.7 Å². The van der Waals surface area contributed by atoms with Crippen molar-refractivity contribution in [1.29, 1.82) is 0 Å². The zero-order valence-corrected chi connectivity index (χ0v) is 17.0. The lowest BCUT2D eigenvalue weighted by Crippen LogP contribution is -2.31. The number of rotatable bonds is 5. The average Bonchev–Trinajstić information content (AvgIpc) is 3.64. The number of hydrogen-bond acceptors (Lipinski definition) is 6. The van der Waals surface area contributed by atoms with E-state index < -0.39 is 0 Å². The van der Waals surface area contributed by atoms with Crippen molar-refractivity contribution in [3.63, 3.8) is 0 Å². The largest absolute Gasteiger partial charge is 0.465 e. The molecule has 5 rings (SSSR count). The number of nitrogens with zero attached hydrogens (tertiary/aromatic N) is 3. The van der Waals surface area contributed by atoms with Gasteiger partial charge in [0.15, 0.2) is 0 Å². The number of hydrogen-bond donors (Lipinski definition) is 1. The number of carbonyl (C=O) groups is 1. The number of esters is 1. The second-order valence-corrected chi connectivity index (χ2v) is 7.89. The van der Waals surface area contributed by atoms with Crippen LogP contribution in [0.1, 0.15) is 45.9 Å². The maximum atomic E-state index is 11.8. The monoisotopic (exact) mass is 400 g/mol. The molecule has 2 aromatic carbocycles. The first-order chi connectivity index (χ1) is 14.7. The summed E-state index contributed by atoms with van der Waals surface area (Å²) in [7, 11) is 1.41. The molecular formula is C24H24N4O2. The number of methoxy groups -OCH3 is 1. The lowest BCUT2D eigenvalue weighted by molar-refractivity contribution is 0.0600. The smallest absolute Gasteiger partial charge is 0.337 e. The number of para-hydroxylation sites is 1. The lowest BCUT2D eigenvalue weighted by atomic mass is 9.97. The van der Waals surface area contributed by atoms with Crippen molar-refractivity contribution in [1.82, 2.24) is 9.97 Å². The highest BCUT2D eigenvalue weighted by molar-refractivity contribution is 5.89. The molecule has 0 unspecified atom stereocenters. The van der Waals surface area contributed by atoms with Gasteiger partial charge in [0.25, 0.3) is 0 Å². The third-order valence-electron chi connectivity index (χ3n) is 5.72. The van der Waals surface area contributed by atoms with Crippen LogP contribution in [0.15, 0.2) is 54.6 Å². The van der Waals surface area contributed by atoms with Crippen molar-refractivity contribution in [2.75, 3.05) is 23.9 Å². The fraction of sp³-hybridized carbons (Fsp3) is 0.292. The van der Waals surface area contributed by atoms with E-state index in [1.807, 2.05) is 48.5 Å². The SMILES string of the molecule is COC(=O)c1ccc2c(c1)CCN(c1cc(C3CC3)nc(Nc3ccccc3)n1)C2. The molecule has 6 heteroatoms. The molecule has 0 spiro atoms. The Morgan fingerprint density at radius 2 is 1.90 bits per heavy atom. The van der Waals surface area contributed by atoms with Gasteiger partial charge < -0.3 is 15.0 Å². The molecule has 152 valence electrons. The predicted octanol–water partition coefficient (Wildman–Crippen LogP) is 4.45. The van der Waals surface area contributed by atoms with Crippen LogP contribution in [0.5, 0.6) is 0 Å². The van der Waals surface area contributed by atoms with Crippen molar-refractivity contribution in [2.24, 2.45) is 0 Å². The summed E-state index contributed by atoms with van der Waals surface area (Å²) in [6, 6.07) is 18.0. The molecule has 6 nitrogen and oxygen atoms in total. The maximum Gasteiger partial charge on any atom is 0.337 e. The van der Waals surface area contributed by atoms with Gasteiger partial charge in [-0.05, 0) is 54.7 Å². The van der Waals surface area contributed by atoms with E-state index in [-0.39, 0.29) is 5.97 Å². The first-order valence-electron chi connectivity index (χ1n) is 10.4. The van der Waals surface area contributed by atoms with Gasteiger partial charge in [-0.15, -0.1) is 0 Å². The van der Waals surface area contributed by atoms with Crippen molar-refractivity contribution in [2.45, 2.75) is 31.7 Å². The van der Waals surface area contributed by atoms with Gasteiger partial charge in [0.2, 0.25) is 5.95 Å². The topological polar surface area (TPSA) is 67.3 Å². The Morgan fingerprint density at radius 3 is 2.67 bits per heavy atom. The van der Waals surface area contributed by atoms with Crippen molar-refractivity contribution in [3.05, 3.63) is 77.0 Å². The molecule has 2 aliphatic rings. The third kappa shape index (κ3) is 3.85. The van der Waals surface area contributed by atoms with E-state index in [2.05, 4.69) is 16.3 Å². The van der Waals surface area contributed by atoms with Gasteiger partial charge in [0.05, 0.1) is 18.4 Å². The van der Waals surface area contributed by atoms with Crippen LogP contribution in [-0.2, 0) is 17.7 Å². The molecule has 1 aromatic heterocycles. The lowest BCUT2D eigenvalue weighted by Gasteiger charge is -2.30. The van der Waals surface area contributed by atoms with Crippen LogP contribution < -0.4 is 10.2 Å². The standard InChI is InChI=1S/C24H24N4O2/c1-30-23(29)18-9-10-19-15-28(12-11-17(19)13-18)22-14-21(16-7-8-16)26-24(27-22)25-20-5-3-2-4-6-20/h2-6,9-10,13-14,16H,7-8,11-12,15H2,1H3,(H,25,26,27). The second-order valence-electron chi connectivity index (χ2n) is 7.89. The van der Waals surface area contributed by atoms with Crippen LogP contribution in [0.4, 0.5) is 17.5 Å². The van der Waals surface area contributed by atoms with Crippen molar-refractivity contribution >= 4 is 23.4 Å². The Labute approximate surface area is 175 Å². The minimum Gasteiger partial charge on any atom is -0.465 e. The van der Waals surface area contributed by atoms with E-state index in [9.17, 15) is 4.79 Å². The molecular weight excluding hydrogens is 376 g/mol. The summed E-state index contributed by atoms with van der Waals surface area (Å²) in [5, 5.41) is 3.35. The third-order valence-corrected chi connectivity index (χ3v) is 5.72. The van der Waals surface area contributed by atoms with Crippen LogP contribution in [0, 0.1) is 0 Å². The van der Waals surface area contributed by atoms with E-state index in [1.165, 1.54) is 31.1 Å². The van der Waals surface area contributed by atoms with Gasteiger partial charge in [-0.2, -0.15) is 4.98 Å². The van der Waals surface area contributed by atoms with Crippen molar-refractivity contribution < 1.29 is 9.53 Å². The minimum absolute atomic E-state index is 0.290. The number of nitrogens with one attached hydrogen (secondary N) is 1. The number of carbonyl (C=O) groups excluding carboxylic acids is 1. The summed E-state index contributed by atoms with van der Waals surface area (Å²) in [4.78, 5) is 23.7. The molecule has 0 radical (unpaired) electrons. The van der Waals surface area contributed by atoms with Gasteiger partial charge in [-0.25, -0.2) is 9.78 Å². The quantitative estimate of drug-likeness (QED) is 0.639. The Morgan fingerprint density at radius 1 is 1.07 bits per heavy atom. The van der Waals surface area contributed by atoms with Crippen LogP contribution in [-0.4, -0.2) is 29.6 Å². The summed E-state index contributed by atoms with van der Waals surface area (Å²) in [5.41, 5.74) is 5.13. The molecule has 2 heterocycles. The number of anilines is 3. The number of aromatic nitrogens is 2. The van der Waals surface area contributed by atoms with Gasteiger partial charge in [-0.3, -0.25) is 0 Å². The summed E-state index contributed by atoms with van der Waals surface area (Å²) >= 11 is 0. The molecule has 1 aliphatic heterocycles. The first-order valence-corrected chi connectivity index (χ1v) is 10.4. The molecule has 0 atom stereocenters. The van der Waals surface area contributed by atoms with Crippen LogP contribution in [0.25, 0.3) is 0 Å². The summed E-state index contributed by atoms with van der Waals surface area (Å²) in [5.74, 6) is 1.85. The number of fused-ring (bicyclic) bond motifs is 1. The van der Waals surface area contributed by atoms with Crippen LogP contribution in [0.2, 0.25) is 0 Å². The predicted molar refractivity (Wildman–Crippen MR) is 116 cm³/mol. The minimum atomic E-state index is -0.290. The molecule has 30 heavy (non-hydrogen) atoms. The first kappa shape index (κ1) is 18.6. The molecule has 1 N–H and O–H groups in total. The zero-order valence-electron chi connectivity index (χ0n) is 17.0. The Kier molecular flexibility index (Phi) is 4.83. The van der Waals surface area contributed by atoms with Gasteiger partial charge >= 0.3 is 5.97 Å². The molecule has 0 amide bonds. The van der Waals surface area contributed by atoms with Crippen LogP contribution >= 0.6 is 0 Å². The Balaban J connectivity index is 1.42. The van der Waals surface area contributed by atoms with Crippen molar-refractivity contribution in [3.8, 4) is 0 Å². The molecule has 1 saturated carbocycles. The number of benzene rings is 2. The molecule has 1 fully saturated rings. The molecule has 0 saturated heterocycles. The fourth-order valence-electron chi connectivity index (χ4n) is 3.90. The molecule has 3 aromatic rings. The highest BCUT2D eigenvalue weighted by atomic mass is 16.5. The summed E-state index contributed by atoms with van der Waals surface area (Å²) in [6.45, 7) is 1.62. The van der Waals surface area contributed by atoms with Crippen LogP contribution in [0.3, 0.4) is 0 Å². The van der Waals surface area contributed by atoms with Gasteiger partial charge in [0.1, 0.15) is 5.82 Å². The molecule has 1 aliphatic carbocycles. The van der Waals surface area contributed by atoms with E-state index in [1.54, 1.807) is 0 Å². The van der Waals surface area contributed by atoms with Gasteiger partial charge in [0, 0.05) is 30.8 Å². The molecule has 0 bridgehead atoms. The summed E-state index contributed by atoms with van der Waals surface area (Å²) in [6.07, 6.45) is 3.26. The summed E-state index contributed by atoms with van der Waals surface area (Å²) < 4.78 is 4.85. The highest BCUT2D eigenvalue weighted by Gasteiger charge is 2.28. The van der Waals surface area contributed by atoms with E-state index >= 15 is 0 Å². The Hall–Kier alpha value is -3.41. The van der Waals surface area contributed by atoms with Gasteiger partial charge in [-0.1, -0.05) is 24.3 Å².